The Balaban J connectivity index is 1.63. The van der Waals surface area contributed by atoms with Crippen LogP contribution < -0.4 is 15.5 Å². The zero-order valence-electron chi connectivity index (χ0n) is 16.2. The number of anilines is 1. The molecule has 6 nitrogen and oxygen atoms in total. The second-order valence-electron chi connectivity index (χ2n) is 7.09. The number of aliphatic hydroxyl groups excluding tert-OH is 1. The fourth-order valence-electron chi connectivity index (χ4n) is 3.30. The third-order valence-corrected chi connectivity index (χ3v) is 5.09. The van der Waals surface area contributed by atoms with Crippen LogP contribution in [0.4, 0.5) is 5.69 Å². The van der Waals surface area contributed by atoms with Crippen LogP contribution in [-0.2, 0) is 4.74 Å². The van der Waals surface area contributed by atoms with E-state index in [1.54, 1.807) is 7.05 Å². The van der Waals surface area contributed by atoms with E-state index in [2.05, 4.69) is 51.8 Å². The van der Waals surface area contributed by atoms with Crippen LogP contribution in [0.1, 0.15) is 25.7 Å². The second kappa shape index (κ2) is 11.0. The molecule has 1 aromatic carbocycles. The molecule has 1 heterocycles. The van der Waals surface area contributed by atoms with E-state index >= 15 is 0 Å². The van der Waals surface area contributed by atoms with Crippen molar-refractivity contribution in [3.63, 3.8) is 0 Å². The van der Waals surface area contributed by atoms with Gasteiger partial charge >= 0.3 is 0 Å². The molecule has 0 aromatic heterocycles. The quantitative estimate of drug-likeness (QED) is 0.337. The number of unbranched alkanes of at least 4 members (excludes halogenated alkanes) is 1. The Labute approximate surface area is 157 Å². The molecule has 0 radical (unpaired) electrons. The van der Waals surface area contributed by atoms with E-state index in [0.717, 1.165) is 57.9 Å². The summed E-state index contributed by atoms with van der Waals surface area (Å²) in [7, 11) is 3.93. The lowest BCUT2D eigenvalue weighted by Gasteiger charge is -2.27. The van der Waals surface area contributed by atoms with Crippen molar-refractivity contribution in [2.75, 3.05) is 58.5 Å². The summed E-state index contributed by atoms with van der Waals surface area (Å²) in [5, 5.41) is 16.1. The molecular weight excluding hydrogens is 328 g/mol. The first kappa shape index (κ1) is 20.5. The van der Waals surface area contributed by atoms with E-state index in [1.165, 1.54) is 5.69 Å². The number of hydrogen-bond donors (Lipinski definition) is 3. The molecule has 1 fully saturated rings. The highest BCUT2D eigenvalue weighted by molar-refractivity contribution is 5.79. The molecule has 6 heteroatoms. The third kappa shape index (κ3) is 6.50. The van der Waals surface area contributed by atoms with Gasteiger partial charge in [-0.2, -0.15) is 0 Å². The highest BCUT2D eigenvalue weighted by atomic mass is 16.5. The predicted molar refractivity (Wildman–Crippen MR) is 108 cm³/mol. The maximum Gasteiger partial charge on any atom is 0.190 e. The van der Waals surface area contributed by atoms with E-state index in [-0.39, 0.29) is 12.0 Å². The van der Waals surface area contributed by atoms with Crippen molar-refractivity contribution in [3.8, 4) is 0 Å². The van der Waals surface area contributed by atoms with Gasteiger partial charge in [0, 0.05) is 58.0 Å². The predicted octanol–water partition coefficient (Wildman–Crippen LogP) is 1.86. The van der Waals surface area contributed by atoms with Crippen LogP contribution in [0.5, 0.6) is 0 Å². The number of aliphatic imine (C=N–C) groups is 1. The fourth-order valence-corrected chi connectivity index (χ4v) is 3.30. The summed E-state index contributed by atoms with van der Waals surface area (Å²) >= 11 is 0. The highest BCUT2D eigenvalue weighted by Crippen LogP contribution is 2.31. The van der Waals surface area contributed by atoms with E-state index in [0.29, 0.717) is 6.61 Å². The zero-order chi connectivity index (χ0) is 18.7. The molecule has 0 aliphatic carbocycles. The van der Waals surface area contributed by atoms with Gasteiger partial charge in [0.1, 0.15) is 0 Å². The SMILES string of the molecule is CN=C(NCCCCN(C)c1ccccc1)NCC1(CCO)CCOC1. The smallest absolute Gasteiger partial charge is 0.190 e. The largest absolute Gasteiger partial charge is 0.396 e. The first-order chi connectivity index (χ1) is 12.7. The first-order valence-corrected chi connectivity index (χ1v) is 9.58. The van der Waals surface area contributed by atoms with Crippen LogP contribution >= 0.6 is 0 Å². The van der Waals surface area contributed by atoms with Crippen molar-refractivity contribution in [2.45, 2.75) is 25.7 Å². The maximum atomic E-state index is 9.31. The summed E-state index contributed by atoms with van der Waals surface area (Å²) in [5.74, 6) is 0.825. The molecule has 1 aliphatic rings. The molecule has 1 saturated heterocycles. The van der Waals surface area contributed by atoms with Gasteiger partial charge in [0.05, 0.1) is 6.61 Å². The molecule has 26 heavy (non-hydrogen) atoms. The first-order valence-electron chi connectivity index (χ1n) is 9.58. The number of nitrogens with zero attached hydrogens (tertiary/aromatic N) is 2. The average molecular weight is 363 g/mol. The Morgan fingerprint density at radius 3 is 2.73 bits per heavy atom. The number of ether oxygens (including phenoxy) is 1. The lowest BCUT2D eigenvalue weighted by molar-refractivity contribution is 0.127. The topological polar surface area (TPSA) is 69.1 Å². The minimum Gasteiger partial charge on any atom is -0.396 e. The molecule has 1 unspecified atom stereocenters. The maximum absolute atomic E-state index is 9.31. The Morgan fingerprint density at radius 1 is 1.27 bits per heavy atom. The summed E-state index contributed by atoms with van der Waals surface area (Å²) in [6, 6.07) is 10.5. The Bertz CT molecular complexity index is 530. The minimum atomic E-state index is 0.0325. The van der Waals surface area contributed by atoms with Crippen LogP contribution in [0.15, 0.2) is 35.3 Å². The number of guanidine groups is 1. The molecule has 1 aromatic rings. The van der Waals surface area contributed by atoms with Gasteiger partial charge in [0.15, 0.2) is 5.96 Å². The van der Waals surface area contributed by atoms with Gasteiger partial charge in [-0.25, -0.2) is 0 Å². The normalized spacial score (nSPS) is 20.2. The fraction of sp³-hybridized carbons (Fsp3) is 0.650. The monoisotopic (exact) mass is 362 g/mol. The summed E-state index contributed by atoms with van der Waals surface area (Å²) < 4.78 is 5.53. The van der Waals surface area contributed by atoms with Crippen LogP contribution in [-0.4, -0.2) is 64.6 Å². The average Bonchev–Trinajstić information content (AvgIpc) is 3.13. The zero-order valence-corrected chi connectivity index (χ0v) is 16.2. The number of benzene rings is 1. The van der Waals surface area contributed by atoms with Gasteiger partial charge in [0.25, 0.3) is 0 Å². The Kier molecular flexibility index (Phi) is 8.71. The van der Waals surface area contributed by atoms with E-state index in [1.807, 2.05) is 6.07 Å². The summed E-state index contributed by atoms with van der Waals surface area (Å²) in [6.45, 7) is 4.41. The molecular formula is C20H34N4O2. The van der Waals surface area contributed by atoms with Crippen molar-refractivity contribution < 1.29 is 9.84 Å². The molecule has 0 bridgehead atoms. The number of hydrogen-bond acceptors (Lipinski definition) is 4. The van der Waals surface area contributed by atoms with E-state index in [4.69, 9.17) is 4.74 Å². The molecule has 0 spiro atoms. The van der Waals surface area contributed by atoms with Gasteiger partial charge in [-0.3, -0.25) is 4.99 Å². The number of aliphatic hydroxyl groups is 1. The minimum absolute atomic E-state index is 0.0325. The van der Waals surface area contributed by atoms with Gasteiger partial charge in [-0.1, -0.05) is 18.2 Å². The van der Waals surface area contributed by atoms with Crippen molar-refractivity contribution in [3.05, 3.63) is 30.3 Å². The third-order valence-electron chi connectivity index (χ3n) is 5.09. The van der Waals surface area contributed by atoms with E-state index in [9.17, 15) is 5.11 Å². The van der Waals surface area contributed by atoms with Gasteiger partial charge < -0.3 is 25.4 Å². The van der Waals surface area contributed by atoms with Crippen LogP contribution in [0.2, 0.25) is 0 Å². The molecule has 0 saturated carbocycles. The van der Waals surface area contributed by atoms with Gasteiger partial charge in [-0.05, 0) is 37.8 Å². The van der Waals surface area contributed by atoms with Crippen LogP contribution in [0.25, 0.3) is 0 Å². The Morgan fingerprint density at radius 2 is 2.08 bits per heavy atom. The summed E-state index contributed by atoms with van der Waals surface area (Å²) in [4.78, 5) is 6.58. The van der Waals surface area contributed by atoms with Gasteiger partial charge in [0.2, 0.25) is 0 Å². The highest BCUT2D eigenvalue weighted by Gasteiger charge is 2.34. The second-order valence-corrected chi connectivity index (χ2v) is 7.09. The molecule has 1 atom stereocenters. The van der Waals surface area contributed by atoms with Crippen molar-refractivity contribution >= 4 is 11.6 Å². The summed E-state index contributed by atoms with van der Waals surface area (Å²) in [6.07, 6.45) is 3.96. The molecule has 0 amide bonds. The molecule has 3 N–H and O–H groups in total. The number of nitrogens with one attached hydrogen (secondary N) is 2. The van der Waals surface area contributed by atoms with E-state index < -0.39 is 0 Å². The molecule has 2 rings (SSSR count). The van der Waals surface area contributed by atoms with Gasteiger partial charge in [-0.15, -0.1) is 0 Å². The molecule has 146 valence electrons. The van der Waals surface area contributed by atoms with Crippen molar-refractivity contribution in [2.24, 2.45) is 10.4 Å². The van der Waals surface area contributed by atoms with Crippen LogP contribution in [0.3, 0.4) is 0 Å². The number of para-hydroxylation sites is 1. The lowest BCUT2D eigenvalue weighted by atomic mass is 9.84. The van der Waals surface area contributed by atoms with Crippen molar-refractivity contribution in [1.82, 2.24) is 10.6 Å². The van der Waals surface area contributed by atoms with Crippen LogP contribution in [0, 0.1) is 5.41 Å². The number of rotatable bonds is 10. The van der Waals surface area contributed by atoms with Crippen molar-refractivity contribution in [1.29, 1.82) is 0 Å². The Hall–Kier alpha value is -1.79. The molecule has 1 aliphatic heterocycles. The lowest BCUT2D eigenvalue weighted by Crippen LogP contribution is -2.44. The standard InChI is InChI=1S/C20H34N4O2/c1-21-19(23-16-20(10-14-25)11-15-26-17-20)22-12-6-7-13-24(2)18-8-4-3-5-9-18/h3-5,8-9,25H,6-7,10-17H2,1-2H3,(H2,21,22,23). The summed E-state index contributed by atoms with van der Waals surface area (Å²) in [5.41, 5.74) is 1.29.